The molecule has 9 heteroatoms. The van der Waals surface area contributed by atoms with Crippen molar-refractivity contribution in [2.45, 2.75) is 6.18 Å². The number of anilines is 2. The van der Waals surface area contributed by atoms with Crippen LogP contribution < -0.4 is 11.2 Å². The van der Waals surface area contributed by atoms with E-state index in [2.05, 4.69) is 20.5 Å². The van der Waals surface area contributed by atoms with E-state index in [0.717, 1.165) is 6.07 Å². The Morgan fingerprint density at radius 2 is 1.92 bits per heavy atom. The van der Waals surface area contributed by atoms with Crippen molar-refractivity contribution in [3.8, 4) is 11.3 Å². The Labute approximate surface area is 145 Å². The smallest absolute Gasteiger partial charge is 0.383 e. The highest BCUT2D eigenvalue weighted by atomic mass is 32.1. The number of halogens is 3. The number of rotatable bonds is 4. The summed E-state index contributed by atoms with van der Waals surface area (Å²) in [6.45, 7) is 0. The summed E-state index contributed by atoms with van der Waals surface area (Å²) in [6, 6.07) is 8.74. The average molecular weight is 363 g/mol. The van der Waals surface area contributed by atoms with Crippen LogP contribution in [0.15, 0.2) is 53.1 Å². The summed E-state index contributed by atoms with van der Waals surface area (Å²) in [7, 11) is 0. The number of hydrazone groups is 1. The summed E-state index contributed by atoms with van der Waals surface area (Å²) < 4.78 is 39.2. The monoisotopic (exact) mass is 363 g/mol. The van der Waals surface area contributed by atoms with Crippen LogP contribution in [0.1, 0.15) is 11.1 Å². The van der Waals surface area contributed by atoms with Gasteiger partial charge in [-0.1, -0.05) is 24.3 Å². The van der Waals surface area contributed by atoms with Crippen molar-refractivity contribution in [1.82, 2.24) is 9.97 Å². The van der Waals surface area contributed by atoms with Crippen molar-refractivity contribution in [3.05, 3.63) is 59.1 Å². The molecule has 0 aliphatic heterocycles. The van der Waals surface area contributed by atoms with E-state index in [-0.39, 0.29) is 5.69 Å². The highest BCUT2D eigenvalue weighted by Crippen LogP contribution is 2.35. The predicted octanol–water partition coefficient (Wildman–Crippen LogP) is 4.25. The molecule has 0 saturated carbocycles. The van der Waals surface area contributed by atoms with Gasteiger partial charge in [0.25, 0.3) is 0 Å². The van der Waals surface area contributed by atoms with Gasteiger partial charge in [0.2, 0.25) is 5.13 Å². The van der Waals surface area contributed by atoms with E-state index in [1.54, 1.807) is 29.6 Å². The van der Waals surface area contributed by atoms with Crippen LogP contribution in [0.25, 0.3) is 11.3 Å². The lowest BCUT2D eigenvalue weighted by Crippen LogP contribution is -2.08. The first kappa shape index (κ1) is 16.9. The molecule has 0 unspecified atom stereocenters. The van der Waals surface area contributed by atoms with E-state index in [4.69, 9.17) is 5.73 Å². The summed E-state index contributed by atoms with van der Waals surface area (Å²) >= 11 is 1.31. The van der Waals surface area contributed by atoms with E-state index in [0.29, 0.717) is 22.1 Å². The Hall–Kier alpha value is -2.94. The summed E-state index contributed by atoms with van der Waals surface area (Å²) in [5.74, 6) is 0.405. The van der Waals surface area contributed by atoms with Crippen molar-refractivity contribution in [3.63, 3.8) is 0 Å². The Morgan fingerprint density at radius 3 is 2.56 bits per heavy atom. The molecule has 0 amide bonds. The fourth-order valence-corrected chi connectivity index (χ4v) is 2.64. The maximum atomic E-state index is 13.1. The third kappa shape index (κ3) is 4.13. The Morgan fingerprint density at radius 1 is 1.16 bits per heavy atom. The van der Waals surface area contributed by atoms with E-state index in [1.165, 1.54) is 29.8 Å². The van der Waals surface area contributed by atoms with Crippen LogP contribution in [0.3, 0.4) is 0 Å². The number of thiazole rings is 1. The molecule has 0 saturated heterocycles. The first-order valence-electron chi connectivity index (χ1n) is 7.06. The molecule has 128 valence electrons. The molecule has 3 aromatic rings. The van der Waals surface area contributed by atoms with Gasteiger partial charge in [-0.05, 0) is 17.7 Å². The lowest BCUT2D eigenvalue weighted by atomic mass is 10.0. The second-order valence-electron chi connectivity index (χ2n) is 4.97. The van der Waals surface area contributed by atoms with Gasteiger partial charge in [-0.2, -0.15) is 18.3 Å². The summed E-state index contributed by atoms with van der Waals surface area (Å²) in [4.78, 5) is 7.85. The molecule has 5 nitrogen and oxygen atoms in total. The van der Waals surface area contributed by atoms with Crippen molar-refractivity contribution in [2.24, 2.45) is 5.10 Å². The largest absolute Gasteiger partial charge is 0.418 e. The van der Waals surface area contributed by atoms with E-state index >= 15 is 0 Å². The van der Waals surface area contributed by atoms with Crippen molar-refractivity contribution >= 4 is 28.5 Å². The average Bonchev–Trinajstić information content (AvgIpc) is 3.00. The van der Waals surface area contributed by atoms with Crippen LogP contribution in [-0.2, 0) is 6.18 Å². The first-order chi connectivity index (χ1) is 11.9. The molecule has 0 fully saturated rings. The van der Waals surface area contributed by atoms with E-state index < -0.39 is 11.7 Å². The molecular formula is C16H12F3N5S. The summed E-state index contributed by atoms with van der Waals surface area (Å²) in [5.41, 5.74) is 8.45. The van der Waals surface area contributed by atoms with E-state index in [9.17, 15) is 13.2 Å². The van der Waals surface area contributed by atoms with Gasteiger partial charge in [0.05, 0.1) is 17.5 Å². The zero-order valence-electron chi connectivity index (χ0n) is 12.7. The van der Waals surface area contributed by atoms with Crippen molar-refractivity contribution in [2.75, 3.05) is 11.2 Å². The highest BCUT2D eigenvalue weighted by Gasteiger charge is 2.34. The van der Waals surface area contributed by atoms with Gasteiger partial charge >= 0.3 is 6.18 Å². The molecular weight excluding hydrogens is 351 g/mol. The minimum Gasteiger partial charge on any atom is -0.383 e. The minimum atomic E-state index is -4.46. The molecule has 0 aliphatic carbocycles. The van der Waals surface area contributed by atoms with Gasteiger partial charge in [-0.15, -0.1) is 11.3 Å². The van der Waals surface area contributed by atoms with Gasteiger partial charge < -0.3 is 5.73 Å². The first-order valence-corrected chi connectivity index (χ1v) is 7.94. The Kier molecular flexibility index (Phi) is 4.66. The Balaban J connectivity index is 1.77. The third-order valence-electron chi connectivity index (χ3n) is 3.19. The quantitative estimate of drug-likeness (QED) is 0.537. The molecule has 0 bridgehead atoms. The molecule has 0 radical (unpaired) electrons. The zero-order chi connectivity index (χ0) is 17.9. The van der Waals surface area contributed by atoms with Crippen molar-refractivity contribution in [1.29, 1.82) is 0 Å². The number of nitrogens with zero attached hydrogens (tertiary/aromatic N) is 3. The third-order valence-corrected chi connectivity index (χ3v) is 3.96. The number of nitrogen functional groups attached to an aromatic ring is 1. The summed E-state index contributed by atoms with van der Waals surface area (Å²) in [5, 5.41) is 6.23. The molecule has 2 heterocycles. The number of aromatic nitrogens is 2. The topological polar surface area (TPSA) is 76.2 Å². The van der Waals surface area contributed by atoms with Crippen LogP contribution in [-0.4, -0.2) is 16.2 Å². The highest BCUT2D eigenvalue weighted by molar-refractivity contribution is 7.14. The number of alkyl halides is 3. The lowest BCUT2D eigenvalue weighted by Gasteiger charge is -2.11. The van der Waals surface area contributed by atoms with Crippen LogP contribution in [0.2, 0.25) is 0 Å². The number of nitrogens with one attached hydrogen (secondary N) is 1. The number of nitrogens with two attached hydrogens (primary N) is 1. The van der Waals surface area contributed by atoms with Gasteiger partial charge in [0.15, 0.2) is 0 Å². The fraction of sp³-hybridized carbons (Fsp3) is 0.0625. The number of hydrogen-bond donors (Lipinski definition) is 2. The fourth-order valence-electron chi connectivity index (χ4n) is 2.09. The van der Waals surface area contributed by atoms with Crippen LogP contribution in [0, 0.1) is 0 Å². The van der Waals surface area contributed by atoms with Gasteiger partial charge in [0.1, 0.15) is 5.82 Å². The Bertz CT molecular complexity index is 887. The SMILES string of the molecule is Nc1csc(NN=Cc2ccc(-c3ncccc3C(F)(F)F)cc2)n1. The molecule has 2 aromatic heterocycles. The van der Waals surface area contributed by atoms with E-state index in [1.807, 2.05) is 0 Å². The second-order valence-corrected chi connectivity index (χ2v) is 5.82. The zero-order valence-corrected chi connectivity index (χ0v) is 13.5. The minimum absolute atomic E-state index is 0.102. The standard InChI is InChI=1S/C16H12F3N5S/c17-16(18,19)12-2-1-7-21-14(12)11-5-3-10(4-6-11)8-22-24-15-23-13(20)9-25-15/h1-9H,20H2,(H,23,24). The number of hydrogen-bond acceptors (Lipinski definition) is 6. The van der Waals surface area contributed by atoms with Crippen LogP contribution in [0.5, 0.6) is 0 Å². The van der Waals surface area contributed by atoms with Crippen LogP contribution in [0.4, 0.5) is 24.1 Å². The molecule has 0 atom stereocenters. The van der Waals surface area contributed by atoms with Gasteiger partial charge in [-0.3, -0.25) is 10.4 Å². The normalized spacial score (nSPS) is 11.8. The lowest BCUT2D eigenvalue weighted by molar-refractivity contribution is -0.137. The number of benzene rings is 1. The molecule has 3 N–H and O–H groups in total. The molecule has 3 rings (SSSR count). The van der Waals surface area contributed by atoms with Crippen LogP contribution >= 0.6 is 11.3 Å². The maximum absolute atomic E-state index is 13.1. The van der Waals surface area contributed by atoms with Gasteiger partial charge in [0, 0.05) is 17.1 Å². The predicted molar refractivity (Wildman–Crippen MR) is 92.4 cm³/mol. The molecule has 25 heavy (non-hydrogen) atoms. The second kappa shape index (κ2) is 6.89. The van der Waals surface area contributed by atoms with Gasteiger partial charge in [-0.25, -0.2) is 4.98 Å². The maximum Gasteiger partial charge on any atom is 0.418 e. The number of pyridine rings is 1. The molecule has 0 aliphatic rings. The molecule has 0 spiro atoms. The summed E-state index contributed by atoms with van der Waals surface area (Å²) in [6.07, 6.45) is -1.59. The molecule has 1 aromatic carbocycles. The van der Waals surface area contributed by atoms with Crippen molar-refractivity contribution < 1.29 is 13.2 Å².